The van der Waals surface area contributed by atoms with Crippen molar-refractivity contribution >= 4 is 16.5 Å². The average Bonchev–Trinajstić information content (AvgIpc) is 2.82. The summed E-state index contributed by atoms with van der Waals surface area (Å²) < 4.78 is 38.2. The van der Waals surface area contributed by atoms with Crippen molar-refractivity contribution in [1.82, 2.24) is 10.3 Å². The summed E-state index contributed by atoms with van der Waals surface area (Å²) in [6, 6.07) is 0.193. The molecule has 0 fully saturated rings. The maximum atomic E-state index is 12.7. The maximum Gasteiger partial charge on any atom is 0.406 e. The van der Waals surface area contributed by atoms with Crippen molar-refractivity contribution in [1.29, 1.82) is 0 Å². The predicted molar refractivity (Wildman–Crippen MR) is 80.0 cm³/mol. The van der Waals surface area contributed by atoms with Crippen LogP contribution in [0.5, 0.6) is 0 Å². The third kappa shape index (κ3) is 4.32. The summed E-state index contributed by atoms with van der Waals surface area (Å²) in [6.07, 6.45) is -0.503. The van der Waals surface area contributed by atoms with Gasteiger partial charge in [0.2, 0.25) is 0 Å². The van der Waals surface area contributed by atoms with Crippen molar-refractivity contribution < 1.29 is 13.2 Å². The van der Waals surface area contributed by atoms with Crippen molar-refractivity contribution in [3.63, 3.8) is 0 Å². The van der Waals surface area contributed by atoms with E-state index in [2.05, 4.69) is 10.3 Å². The SMILES string of the molecule is CCCN(CC(F)(F)F)c1nc2c(s1)CCCC2NCC. The second kappa shape index (κ2) is 6.96. The first-order valence-corrected chi connectivity index (χ1v) is 8.31. The van der Waals surface area contributed by atoms with E-state index in [4.69, 9.17) is 0 Å². The molecule has 21 heavy (non-hydrogen) atoms. The number of rotatable bonds is 6. The largest absolute Gasteiger partial charge is 0.406 e. The van der Waals surface area contributed by atoms with Gasteiger partial charge in [0, 0.05) is 11.4 Å². The first kappa shape index (κ1) is 16.5. The number of halogens is 3. The highest BCUT2D eigenvalue weighted by atomic mass is 32.1. The predicted octanol–water partition coefficient (Wildman–Crippen LogP) is 3.91. The van der Waals surface area contributed by atoms with E-state index < -0.39 is 12.7 Å². The molecule has 0 saturated carbocycles. The van der Waals surface area contributed by atoms with Gasteiger partial charge in [0.05, 0.1) is 11.7 Å². The number of aromatic nitrogens is 1. The molecule has 3 nitrogen and oxygen atoms in total. The van der Waals surface area contributed by atoms with Crippen molar-refractivity contribution in [3.8, 4) is 0 Å². The molecule has 0 amide bonds. The van der Waals surface area contributed by atoms with E-state index in [0.717, 1.165) is 36.4 Å². The van der Waals surface area contributed by atoms with E-state index in [1.165, 1.54) is 16.2 Å². The van der Waals surface area contributed by atoms with Gasteiger partial charge in [-0.05, 0) is 32.2 Å². The molecule has 1 aliphatic rings. The van der Waals surface area contributed by atoms with Crippen LogP contribution in [-0.4, -0.2) is 30.8 Å². The van der Waals surface area contributed by atoms with Crippen LogP contribution in [0.1, 0.15) is 49.7 Å². The Kier molecular flexibility index (Phi) is 5.48. The summed E-state index contributed by atoms with van der Waals surface area (Å²) in [7, 11) is 0. The number of nitrogens with zero attached hydrogens (tertiary/aromatic N) is 2. The van der Waals surface area contributed by atoms with E-state index in [1.807, 2.05) is 13.8 Å². The molecule has 0 aromatic carbocycles. The smallest absolute Gasteiger partial charge is 0.339 e. The van der Waals surface area contributed by atoms with Gasteiger partial charge in [-0.3, -0.25) is 0 Å². The maximum absolute atomic E-state index is 12.7. The lowest BCUT2D eigenvalue weighted by Crippen LogP contribution is -2.34. The summed E-state index contributed by atoms with van der Waals surface area (Å²) >= 11 is 1.43. The molecule has 0 saturated heterocycles. The first-order chi connectivity index (χ1) is 9.94. The normalized spacial score (nSPS) is 18.6. The zero-order valence-electron chi connectivity index (χ0n) is 12.5. The molecular formula is C14H22F3N3S. The monoisotopic (exact) mass is 321 g/mol. The van der Waals surface area contributed by atoms with Crippen LogP contribution in [-0.2, 0) is 6.42 Å². The number of nitrogens with one attached hydrogen (secondary N) is 1. The average molecular weight is 321 g/mol. The molecule has 1 unspecified atom stereocenters. The van der Waals surface area contributed by atoms with Gasteiger partial charge in [0.25, 0.3) is 0 Å². The lowest BCUT2D eigenvalue weighted by molar-refractivity contribution is -0.119. The van der Waals surface area contributed by atoms with Crippen LogP contribution in [0.25, 0.3) is 0 Å². The van der Waals surface area contributed by atoms with E-state index >= 15 is 0 Å². The standard InChI is InChI=1S/C14H22F3N3S/c1-3-8-20(9-14(15,16)17)13-19-12-10(18-4-2)6-5-7-11(12)21-13/h10,18H,3-9H2,1-2H3. The number of fused-ring (bicyclic) bond motifs is 1. The molecular weight excluding hydrogens is 299 g/mol. The number of hydrogen-bond donors (Lipinski definition) is 1. The quantitative estimate of drug-likeness (QED) is 0.861. The minimum Gasteiger partial charge on any atom is -0.339 e. The van der Waals surface area contributed by atoms with Crippen LogP contribution in [0.15, 0.2) is 0 Å². The third-order valence-corrected chi connectivity index (χ3v) is 4.72. The fourth-order valence-electron chi connectivity index (χ4n) is 2.71. The third-order valence-electron chi connectivity index (χ3n) is 3.53. The summed E-state index contributed by atoms with van der Waals surface area (Å²) in [4.78, 5) is 7.05. The Morgan fingerprint density at radius 1 is 1.38 bits per heavy atom. The Balaban J connectivity index is 2.22. The molecule has 1 N–H and O–H groups in total. The lowest BCUT2D eigenvalue weighted by atomic mass is 9.98. The van der Waals surface area contributed by atoms with Gasteiger partial charge in [-0.2, -0.15) is 13.2 Å². The van der Waals surface area contributed by atoms with Crippen LogP contribution in [0.3, 0.4) is 0 Å². The zero-order chi connectivity index (χ0) is 15.5. The molecule has 0 spiro atoms. The molecule has 1 atom stereocenters. The van der Waals surface area contributed by atoms with E-state index in [9.17, 15) is 13.2 Å². The van der Waals surface area contributed by atoms with Crippen molar-refractivity contribution in [2.24, 2.45) is 0 Å². The molecule has 0 radical (unpaired) electrons. The van der Waals surface area contributed by atoms with E-state index in [-0.39, 0.29) is 6.04 Å². The molecule has 1 heterocycles. The van der Waals surface area contributed by atoms with Crippen LogP contribution < -0.4 is 10.2 Å². The second-order valence-electron chi connectivity index (χ2n) is 5.34. The van der Waals surface area contributed by atoms with Gasteiger partial charge in [-0.15, -0.1) is 11.3 Å². The summed E-state index contributed by atoms with van der Waals surface area (Å²) in [6.45, 7) is 4.24. The van der Waals surface area contributed by atoms with Gasteiger partial charge in [0.15, 0.2) is 5.13 Å². The fraction of sp³-hybridized carbons (Fsp3) is 0.786. The molecule has 1 aromatic rings. The number of alkyl halides is 3. The molecule has 1 aliphatic carbocycles. The number of anilines is 1. The summed E-state index contributed by atoms with van der Waals surface area (Å²) in [5, 5.41) is 3.89. The molecule has 2 rings (SSSR count). The van der Waals surface area contributed by atoms with Crippen LogP contribution in [0, 0.1) is 0 Å². The Bertz CT molecular complexity index is 459. The van der Waals surface area contributed by atoms with Crippen LogP contribution >= 0.6 is 11.3 Å². The first-order valence-electron chi connectivity index (χ1n) is 7.49. The molecule has 0 aliphatic heterocycles. The summed E-state index contributed by atoms with van der Waals surface area (Å²) in [5.41, 5.74) is 0.964. The second-order valence-corrected chi connectivity index (χ2v) is 6.41. The van der Waals surface area contributed by atoms with E-state index in [0.29, 0.717) is 18.1 Å². The van der Waals surface area contributed by atoms with Crippen molar-refractivity contribution in [2.75, 3.05) is 24.5 Å². The Morgan fingerprint density at radius 2 is 2.14 bits per heavy atom. The zero-order valence-corrected chi connectivity index (χ0v) is 13.3. The number of aryl methyl sites for hydroxylation is 1. The molecule has 1 aromatic heterocycles. The van der Waals surface area contributed by atoms with Gasteiger partial charge in [0.1, 0.15) is 6.54 Å². The van der Waals surface area contributed by atoms with Crippen molar-refractivity contribution in [3.05, 3.63) is 10.6 Å². The number of hydrogen-bond acceptors (Lipinski definition) is 4. The van der Waals surface area contributed by atoms with Gasteiger partial charge >= 0.3 is 6.18 Å². The van der Waals surface area contributed by atoms with Gasteiger partial charge < -0.3 is 10.2 Å². The molecule has 0 bridgehead atoms. The summed E-state index contributed by atoms with van der Waals surface area (Å²) in [5.74, 6) is 0. The minimum atomic E-state index is -4.19. The lowest BCUT2D eigenvalue weighted by Gasteiger charge is -2.23. The molecule has 120 valence electrons. The van der Waals surface area contributed by atoms with E-state index in [1.54, 1.807) is 0 Å². The highest BCUT2D eigenvalue weighted by Crippen LogP contribution is 2.37. The van der Waals surface area contributed by atoms with Gasteiger partial charge in [-0.25, -0.2) is 4.98 Å². The van der Waals surface area contributed by atoms with Crippen molar-refractivity contribution in [2.45, 2.75) is 51.7 Å². The Hall–Kier alpha value is -0.820. The topological polar surface area (TPSA) is 28.2 Å². The number of thiazole rings is 1. The highest BCUT2D eigenvalue weighted by molar-refractivity contribution is 7.15. The highest BCUT2D eigenvalue weighted by Gasteiger charge is 2.33. The van der Waals surface area contributed by atoms with Gasteiger partial charge in [-0.1, -0.05) is 13.8 Å². The Labute approximate surface area is 127 Å². The minimum absolute atomic E-state index is 0.193. The Morgan fingerprint density at radius 3 is 2.76 bits per heavy atom. The van der Waals surface area contributed by atoms with Crippen LogP contribution in [0.2, 0.25) is 0 Å². The fourth-order valence-corrected chi connectivity index (χ4v) is 3.90. The molecule has 7 heteroatoms. The van der Waals surface area contributed by atoms with Crippen LogP contribution in [0.4, 0.5) is 18.3 Å².